The number of phenols is 1. The van der Waals surface area contributed by atoms with E-state index in [1.54, 1.807) is 29.2 Å². The van der Waals surface area contributed by atoms with E-state index >= 15 is 0 Å². The van der Waals surface area contributed by atoms with Gasteiger partial charge in [-0.3, -0.25) is 0 Å². The van der Waals surface area contributed by atoms with E-state index in [0.717, 1.165) is 25.0 Å². The average molecular weight is 365 g/mol. The molecule has 1 heterocycles. The second-order valence-electron chi connectivity index (χ2n) is 6.61. The van der Waals surface area contributed by atoms with Crippen LogP contribution in [0.5, 0.6) is 5.75 Å². The maximum absolute atomic E-state index is 12.8. The van der Waals surface area contributed by atoms with Crippen molar-refractivity contribution in [3.63, 3.8) is 0 Å². The van der Waals surface area contributed by atoms with E-state index in [9.17, 15) is 9.90 Å². The summed E-state index contributed by atoms with van der Waals surface area (Å²) in [6, 6.07) is 16.0. The molecule has 0 bridgehead atoms. The van der Waals surface area contributed by atoms with Gasteiger partial charge in [-0.15, -0.1) is 0 Å². The number of carbonyl (C=O) groups excluding carboxylic acids is 1. The number of amides is 2. The van der Waals surface area contributed by atoms with Gasteiger partial charge in [0.1, 0.15) is 5.75 Å². The molecule has 0 radical (unpaired) electrons. The second kappa shape index (κ2) is 9.06. The maximum atomic E-state index is 12.8. The van der Waals surface area contributed by atoms with Gasteiger partial charge >= 0.3 is 6.03 Å². The van der Waals surface area contributed by atoms with Crippen LogP contribution in [0, 0.1) is 11.3 Å². The third kappa shape index (κ3) is 5.22. The summed E-state index contributed by atoms with van der Waals surface area (Å²) in [5, 5.41) is 21.8. The van der Waals surface area contributed by atoms with Gasteiger partial charge in [-0.2, -0.15) is 5.26 Å². The summed E-state index contributed by atoms with van der Waals surface area (Å²) in [4.78, 5) is 14.4. The van der Waals surface area contributed by atoms with Gasteiger partial charge in [0.2, 0.25) is 0 Å². The maximum Gasteiger partial charge on any atom is 0.318 e. The number of ether oxygens (including phenoxy) is 1. The van der Waals surface area contributed by atoms with E-state index in [1.807, 2.05) is 24.3 Å². The van der Waals surface area contributed by atoms with Crippen LogP contribution in [0.4, 0.5) is 4.79 Å². The summed E-state index contributed by atoms with van der Waals surface area (Å²) >= 11 is 0. The third-order valence-electron chi connectivity index (χ3n) is 4.61. The van der Waals surface area contributed by atoms with E-state index in [2.05, 4.69) is 11.4 Å². The lowest BCUT2D eigenvalue weighted by molar-refractivity contribution is 0.0792. The molecule has 140 valence electrons. The molecule has 2 amide bonds. The molecule has 6 heteroatoms. The molecule has 27 heavy (non-hydrogen) atoms. The van der Waals surface area contributed by atoms with E-state index in [-0.39, 0.29) is 17.9 Å². The molecule has 6 nitrogen and oxygen atoms in total. The Morgan fingerprint density at radius 2 is 2.04 bits per heavy atom. The van der Waals surface area contributed by atoms with E-state index < -0.39 is 0 Å². The molecule has 1 fully saturated rings. The fourth-order valence-corrected chi connectivity index (χ4v) is 3.09. The predicted molar refractivity (Wildman–Crippen MR) is 101 cm³/mol. The first-order valence-electron chi connectivity index (χ1n) is 9.06. The summed E-state index contributed by atoms with van der Waals surface area (Å²) in [7, 11) is 0. The zero-order valence-electron chi connectivity index (χ0n) is 15.1. The molecule has 1 unspecified atom stereocenters. The zero-order chi connectivity index (χ0) is 19.1. The Morgan fingerprint density at radius 1 is 1.26 bits per heavy atom. The largest absolute Gasteiger partial charge is 0.508 e. The Labute approximate surface area is 159 Å². The van der Waals surface area contributed by atoms with Crippen molar-refractivity contribution in [1.29, 1.82) is 5.26 Å². The molecule has 3 rings (SSSR count). The van der Waals surface area contributed by atoms with Crippen LogP contribution < -0.4 is 5.32 Å². The van der Waals surface area contributed by atoms with Gasteiger partial charge in [0.15, 0.2) is 0 Å². The van der Waals surface area contributed by atoms with Crippen molar-refractivity contribution in [2.45, 2.75) is 32.0 Å². The fraction of sp³-hybridized carbons (Fsp3) is 0.333. The Bertz CT molecular complexity index is 808. The number of phenolic OH excluding ortho intramolecular Hbond substituents is 1. The van der Waals surface area contributed by atoms with Crippen molar-refractivity contribution in [1.82, 2.24) is 10.2 Å². The van der Waals surface area contributed by atoms with Crippen LogP contribution in [0.1, 0.15) is 29.5 Å². The number of carbonyl (C=O) groups is 1. The van der Waals surface area contributed by atoms with Gasteiger partial charge < -0.3 is 20.1 Å². The summed E-state index contributed by atoms with van der Waals surface area (Å²) < 4.78 is 5.68. The Hall–Kier alpha value is -3.04. The minimum atomic E-state index is -0.210. The number of urea groups is 1. The van der Waals surface area contributed by atoms with Crippen LogP contribution in [0.25, 0.3) is 0 Å². The molecular weight excluding hydrogens is 342 g/mol. The third-order valence-corrected chi connectivity index (χ3v) is 4.61. The molecule has 0 aromatic heterocycles. The van der Waals surface area contributed by atoms with E-state index in [4.69, 9.17) is 10.00 Å². The van der Waals surface area contributed by atoms with Crippen molar-refractivity contribution in [3.05, 3.63) is 65.2 Å². The zero-order valence-corrected chi connectivity index (χ0v) is 15.1. The first-order valence-corrected chi connectivity index (χ1v) is 9.06. The quantitative estimate of drug-likeness (QED) is 0.823. The molecule has 1 aliphatic rings. The van der Waals surface area contributed by atoms with Crippen molar-refractivity contribution < 1.29 is 14.6 Å². The van der Waals surface area contributed by atoms with Crippen molar-refractivity contribution in [2.75, 3.05) is 13.2 Å². The molecule has 2 aromatic rings. The van der Waals surface area contributed by atoms with Crippen LogP contribution in [-0.4, -0.2) is 35.3 Å². The van der Waals surface area contributed by atoms with Crippen molar-refractivity contribution in [3.8, 4) is 11.8 Å². The second-order valence-corrected chi connectivity index (χ2v) is 6.61. The molecule has 2 N–H and O–H groups in total. The highest BCUT2D eigenvalue weighted by molar-refractivity contribution is 5.74. The topological polar surface area (TPSA) is 85.6 Å². The first kappa shape index (κ1) is 18.7. The highest BCUT2D eigenvalue weighted by Gasteiger charge is 2.23. The lowest BCUT2D eigenvalue weighted by Gasteiger charge is -2.26. The van der Waals surface area contributed by atoms with Gasteiger partial charge in [0, 0.05) is 25.3 Å². The van der Waals surface area contributed by atoms with Crippen LogP contribution in [0.15, 0.2) is 48.5 Å². The van der Waals surface area contributed by atoms with Gasteiger partial charge in [0.05, 0.1) is 24.3 Å². The Kier molecular flexibility index (Phi) is 6.29. The molecule has 0 saturated carbocycles. The minimum absolute atomic E-state index is 0.0246. The van der Waals surface area contributed by atoms with E-state index in [1.165, 1.54) is 0 Å². The summed E-state index contributed by atoms with van der Waals surface area (Å²) in [6.45, 7) is 1.88. The normalized spacial score (nSPS) is 15.9. The SMILES string of the molecule is N#Cc1ccc(CNC(=O)N(Cc2ccccc2O)CC2CCCO2)cc1. The van der Waals surface area contributed by atoms with Gasteiger partial charge in [0.25, 0.3) is 0 Å². The molecular formula is C21H23N3O3. The molecule has 2 aromatic carbocycles. The van der Waals surface area contributed by atoms with Crippen LogP contribution in [-0.2, 0) is 17.8 Å². The minimum Gasteiger partial charge on any atom is -0.508 e. The number of nitrogens with zero attached hydrogens (tertiary/aromatic N) is 2. The summed E-state index contributed by atoms with van der Waals surface area (Å²) in [5.74, 6) is 0.176. The molecule has 1 atom stereocenters. The number of hydrogen-bond donors (Lipinski definition) is 2. The number of nitriles is 1. The van der Waals surface area contributed by atoms with Crippen LogP contribution in [0.3, 0.4) is 0 Å². The lowest BCUT2D eigenvalue weighted by atomic mass is 10.1. The number of aromatic hydroxyl groups is 1. The van der Waals surface area contributed by atoms with Gasteiger partial charge in [-0.05, 0) is 36.6 Å². The first-order chi connectivity index (χ1) is 13.2. The smallest absolute Gasteiger partial charge is 0.318 e. The predicted octanol–water partition coefficient (Wildman–Crippen LogP) is 3.15. The molecule has 0 aliphatic carbocycles. The molecule has 1 saturated heterocycles. The summed E-state index contributed by atoms with van der Waals surface area (Å²) in [6.07, 6.45) is 1.96. The summed E-state index contributed by atoms with van der Waals surface area (Å²) in [5.41, 5.74) is 2.20. The highest BCUT2D eigenvalue weighted by atomic mass is 16.5. The van der Waals surface area contributed by atoms with E-state index in [0.29, 0.717) is 30.8 Å². The van der Waals surface area contributed by atoms with Crippen LogP contribution >= 0.6 is 0 Å². The monoisotopic (exact) mass is 365 g/mol. The highest BCUT2D eigenvalue weighted by Crippen LogP contribution is 2.20. The average Bonchev–Trinajstić information content (AvgIpc) is 3.21. The van der Waals surface area contributed by atoms with Crippen molar-refractivity contribution in [2.24, 2.45) is 0 Å². The molecule has 1 aliphatic heterocycles. The number of para-hydroxylation sites is 1. The van der Waals surface area contributed by atoms with Crippen LogP contribution in [0.2, 0.25) is 0 Å². The van der Waals surface area contributed by atoms with Gasteiger partial charge in [-0.25, -0.2) is 4.79 Å². The standard InChI is InChI=1S/C21H23N3O3/c22-12-16-7-9-17(10-8-16)13-23-21(26)24(15-19-5-3-11-27-19)14-18-4-1-2-6-20(18)25/h1-2,4,6-10,19,25H,3,5,11,13-15H2,(H,23,26). The number of benzene rings is 2. The number of hydrogen-bond acceptors (Lipinski definition) is 4. The van der Waals surface area contributed by atoms with Gasteiger partial charge in [-0.1, -0.05) is 30.3 Å². The lowest BCUT2D eigenvalue weighted by Crippen LogP contribution is -2.43. The number of rotatable bonds is 6. The number of nitrogens with one attached hydrogen (secondary N) is 1. The molecule has 0 spiro atoms. The Morgan fingerprint density at radius 3 is 2.70 bits per heavy atom. The fourth-order valence-electron chi connectivity index (χ4n) is 3.09. The van der Waals surface area contributed by atoms with Crippen molar-refractivity contribution >= 4 is 6.03 Å². The Balaban J connectivity index is 1.65.